The molecule has 0 unspecified atom stereocenters. The summed E-state index contributed by atoms with van der Waals surface area (Å²) in [6, 6.07) is 9.03. The Morgan fingerprint density at radius 1 is 1.03 bits per heavy atom. The fraction of sp³-hybridized carbons (Fsp3) is 0.308. The molecule has 0 aliphatic carbocycles. The van der Waals surface area contributed by atoms with E-state index in [0.29, 0.717) is 54.6 Å². The Labute approximate surface area is 209 Å². The minimum atomic E-state index is -3.53. The predicted molar refractivity (Wildman–Crippen MR) is 136 cm³/mol. The van der Waals surface area contributed by atoms with E-state index >= 15 is 0 Å². The van der Waals surface area contributed by atoms with E-state index in [1.807, 2.05) is 12.1 Å². The highest BCUT2D eigenvalue weighted by Gasteiger charge is 2.23. The molecule has 1 aliphatic rings. The lowest BCUT2D eigenvalue weighted by atomic mass is 10.0. The van der Waals surface area contributed by atoms with Gasteiger partial charge < -0.3 is 9.64 Å². The topological polar surface area (TPSA) is 107 Å². The van der Waals surface area contributed by atoms with Crippen molar-refractivity contribution in [2.24, 2.45) is 0 Å². The van der Waals surface area contributed by atoms with Crippen LogP contribution in [0.4, 0.5) is 0 Å². The van der Waals surface area contributed by atoms with E-state index in [1.165, 1.54) is 6.20 Å². The van der Waals surface area contributed by atoms with Crippen LogP contribution in [0.2, 0.25) is 0 Å². The van der Waals surface area contributed by atoms with Gasteiger partial charge in [0.25, 0.3) is 5.91 Å². The predicted octanol–water partition coefficient (Wildman–Crippen LogP) is 3.48. The minimum Gasteiger partial charge on any atom is -0.378 e. The van der Waals surface area contributed by atoms with Crippen LogP contribution in [0, 0.1) is 0 Å². The zero-order valence-electron chi connectivity index (χ0n) is 20.4. The lowest BCUT2D eigenvalue weighted by molar-refractivity contribution is 0.0303. The van der Waals surface area contributed by atoms with E-state index in [2.05, 4.69) is 28.8 Å². The monoisotopic (exact) mass is 505 g/mol. The van der Waals surface area contributed by atoms with Gasteiger partial charge in [-0.15, -0.1) is 0 Å². The average Bonchev–Trinajstić information content (AvgIpc) is 3.28. The van der Waals surface area contributed by atoms with Crippen LogP contribution >= 0.6 is 0 Å². The van der Waals surface area contributed by atoms with Gasteiger partial charge in [-0.05, 0) is 35.7 Å². The number of sulfone groups is 1. The van der Waals surface area contributed by atoms with E-state index in [4.69, 9.17) is 4.74 Å². The van der Waals surface area contributed by atoms with E-state index in [0.717, 1.165) is 23.1 Å². The van der Waals surface area contributed by atoms with Crippen LogP contribution in [-0.2, 0) is 14.6 Å². The summed E-state index contributed by atoms with van der Waals surface area (Å²) in [5.74, 6) is 0.540. The molecule has 1 amide bonds. The summed E-state index contributed by atoms with van der Waals surface area (Å²) in [5.41, 5.74) is 3.69. The standard InChI is InChI=1S/C26H27N5O4S/c1-17(2)18-6-7-27-22(12-18)20-14-28-26(29-15-20)31-16-24(36(3,33)34)21-5-4-19(13-23(21)31)25(32)30-8-10-35-11-9-30/h4-7,12-17H,8-11H2,1-3H3. The maximum absolute atomic E-state index is 13.1. The van der Waals surface area contributed by atoms with Crippen molar-refractivity contribution in [1.82, 2.24) is 24.4 Å². The molecule has 5 rings (SSSR count). The number of aromatic nitrogens is 4. The number of hydrogen-bond acceptors (Lipinski definition) is 7. The molecule has 4 heterocycles. The Kier molecular flexibility index (Phi) is 6.31. The van der Waals surface area contributed by atoms with Gasteiger partial charge in [0, 0.05) is 60.6 Å². The SMILES string of the molecule is CC(C)c1ccnc(-c2cnc(-n3cc(S(C)(=O)=O)c4ccc(C(=O)N5CCOCC5)cc43)nc2)c1. The first-order valence-electron chi connectivity index (χ1n) is 11.7. The fourth-order valence-corrected chi connectivity index (χ4v) is 5.15. The van der Waals surface area contributed by atoms with Gasteiger partial charge in [-0.3, -0.25) is 14.3 Å². The molecule has 0 N–H and O–H groups in total. The van der Waals surface area contributed by atoms with Gasteiger partial charge in [0.2, 0.25) is 5.95 Å². The van der Waals surface area contributed by atoms with Crippen molar-refractivity contribution in [1.29, 1.82) is 0 Å². The van der Waals surface area contributed by atoms with Gasteiger partial charge in [0.15, 0.2) is 9.84 Å². The van der Waals surface area contributed by atoms with Gasteiger partial charge in [0.05, 0.1) is 29.3 Å². The van der Waals surface area contributed by atoms with E-state index in [1.54, 1.807) is 46.3 Å². The van der Waals surface area contributed by atoms with E-state index in [9.17, 15) is 13.2 Å². The molecular weight excluding hydrogens is 478 g/mol. The minimum absolute atomic E-state index is 0.124. The maximum Gasteiger partial charge on any atom is 0.254 e. The molecule has 3 aromatic heterocycles. The molecular formula is C26H27N5O4S. The number of nitrogens with zero attached hydrogens (tertiary/aromatic N) is 5. The first kappa shape index (κ1) is 24.1. The second-order valence-corrected chi connectivity index (χ2v) is 11.2. The molecule has 0 saturated carbocycles. The molecule has 0 bridgehead atoms. The first-order valence-corrected chi connectivity index (χ1v) is 13.6. The second-order valence-electron chi connectivity index (χ2n) is 9.17. The molecule has 1 fully saturated rings. The average molecular weight is 506 g/mol. The number of ether oxygens (including phenoxy) is 1. The van der Waals surface area contributed by atoms with Crippen LogP contribution < -0.4 is 0 Å². The van der Waals surface area contributed by atoms with Crippen molar-refractivity contribution < 1.29 is 17.9 Å². The molecule has 1 saturated heterocycles. The molecule has 36 heavy (non-hydrogen) atoms. The van der Waals surface area contributed by atoms with Crippen LogP contribution in [0.15, 0.2) is 60.0 Å². The first-order chi connectivity index (χ1) is 17.2. The highest BCUT2D eigenvalue weighted by molar-refractivity contribution is 7.91. The fourth-order valence-electron chi connectivity index (χ4n) is 4.28. The molecule has 10 heteroatoms. The van der Waals surface area contributed by atoms with Gasteiger partial charge >= 0.3 is 0 Å². The summed E-state index contributed by atoms with van der Waals surface area (Å²) in [6.45, 7) is 6.27. The molecule has 0 spiro atoms. The second kappa shape index (κ2) is 9.44. The Morgan fingerprint density at radius 3 is 2.42 bits per heavy atom. The van der Waals surface area contributed by atoms with Gasteiger partial charge in [-0.1, -0.05) is 19.9 Å². The highest BCUT2D eigenvalue weighted by Crippen LogP contribution is 2.29. The zero-order valence-corrected chi connectivity index (χ0v) is 21.2. The summed E-state index contributed by atoms with van der Waals surface area (Å²) in [5, 5.41) is 0.509. The smallest absolute Gasteiger partial charge is 0.254 e. The summed E-state index contributed by atoms with van der Waals surface area (Å²) >= 11 is 0. The van der Waals surface area contributed by atoms with Crippen molar-refractivity contribution in [3.8, 4) is 17.2 Å². The Hall–Kier alpha value is -3.63. The van der Waals surface area contributed by atoms with Crippen molar-refractivity contribution in [2.75, 3.05) is 32.6 Å². The third-order valence-electron chi connectivity index (χ3n) is 6.31. The normalized spacial score (nSPS) is 14.5. The summed E-state index contributed by atoms with van der Waals surface area (Å²) in [6.07, 6.45) is 7.78. The summed E-state index contributed by atoms with van der Waals surface area (Å²) in [7, 11) is -3.53. The van der Waals surface area contributed by atoms with Gasteiger partial charge in [-0.25, -0.2) is 18.4 Å². The highest BCUT2D eigenvalue weighted by atomic mass is 32.2. The molecule has 1 aliphatic heterocycles. The number of rotatable bonds is 5. The van der Waals surface area contributed by atoms with Crippen molar-refractivity contribution >= 4 is 26.6 Å². The van der Waals surface area contributed by atoms with Gasteiger partial charge in [0.1, 0.15) is 0 Å². The lowest BCUT2D eigenvalue weighted by Crippen LogP contribution is -2.40. The number of pyridine rings is 1. The van der Waals surface area contributed by atoms with E-state index < -0.39 is 9.84 Å². The lowest BCUT2D eigenvalue weighted by Gasteiger charge is -2.26. The Balaban J connectivity index is 1.57. The van der Waals surface area contributed by atoms with Gasteiger partial charge in [-0.2, -0.15) is 0 Å². The Morgan fingerprint density at radius 2 is 1.75 bits per heavy atom. The van der Waals surface area contributed by atoms with Crippen LogP contribution in [0.3, 0.4) is 0 Å². The van der Waals surface area contributed by atoms with Crippen LogP contribution in [-0.4, -0.2) is 71.3 Å². The molecule has 4 aromatic rings. The number of hydrogen-bond donors (Lipinski definition) is 0. The molecule has 1 aromatic carbocycles. The third kappa shape index (κ3) is 4.61. The molecule has 9 nitrogen and oxygen atoms in total. The quantitative estimate of drug-likeness (QED) is 0.409. The van der Waals surface area contributed by atoms with Crippen molar-refractivity contribution in [3.63, 3.8) is 0 Å². The number of morpholine rings is 1. The van der Waals surface area contributed by atoms with Crippen molar-refractivity contribution in [3.05, 3.63) is 66.2 Å². The van der Waals surface area contributed by atoms with E-state index in [-0.39, 0.29) is 10.8 Å². The van der Waals surface area contributed by atoms with Crippen LogP contribution in [0.1, 0.15) is 35.7 Å². The number of carbonyl (C=O) groups excluding carboxylic acids is 1. The molecule has 0 radical (unpaired) electrons. The molecule has 186 valence electrons. The van der Waals surface area contributed by atoms with Crippen molar-refractivity contribution in [2.45, 2.75) is 24.7 Å². The zero-order chi connectivity index (χ0) is 25.4. The number of carbonyl (C=O) groups is 1. The molecule has 0 atom stereocenters. The largest absolute Gasteiger partial charge is 0.378 e. The Bertz CT molecular complexity index is 1540. The summed E-state index contributed by atoms with van der Waals surface area (Å²) < 4.78 is 32.0. The van der Waals surface area contributed by atoms with Crippen LogP contribution in [0.5, 0.6) is 0 Å². The summed E-state index contributed by atoms with van der Waals surface area (Å²) in [4.78, 5) is 28.4. The number of benzene rings is 1. The van der Waals surface area contributed by atoms with Crippen LogP contribution in [0.25, 0.3) is 28.1 Å². The number of amides is 1. The maximum atomic E-state index is 13.1. The third-order valence-corrected chi connectivity index (χ3v) is 7.44. The number of fused-ring (bicyclic) bond motifs is 1.